The molecule has 0 aliphatic rings. The van der Waals surface area contributed by atoms with Crippen LogP contribution in [0.5, 0.6) is 11.5 Å². The Morgan fingerprint density at radius 2 is 1.20 bits per heavy atom. The lowest BCUT2D eigenvalue weighted by molar-refractivity contribution is -0.397. The van der Waals surface area contributed by atoms with Gasteiger partial charge in [0, 0.05) is 13.5 Å². The Bertz CT molecular complexity index is 1490. The molecule has 0 amide bonds. The van der Waals surface area contributed by atoms with Crippen molar-refractivity contribution in [3.05, 3.63) is 78.9 Å². The van der Waals surface area contributed by atoms with E-state index in [9.17, 15) is 47.9 Å². The van der Waals surface area contributed by atoms with Gasteiger partial charge in [-0.05, 0) is 60.7 Å². The molecule has 0 saturated carbocycles. The van der Waals surface area contributed by atoms with Gasteiger partial charge in [-0.3, -0.25) is 4.55 Å². The molecule has 18 heteroatoms. The predicted molar refractivity (Wildman–Crippen MR) is 146 cm³/mol. The molecule has 3 aromatic rings. The van der Waals surface area contributed by atoms with Crippen LogP contribution in [0.15, 0.2) is 93.5 Å². The molecule has 0 radical (unpaired) electrons. The van der Waals surface area contributed by atoms with Crippen molar-refractivity contribution in [3.63, 3.8) is 0 Å². The third kappa shape index (κ3) is 8.58. The molecule has 46 heavy (non-hydrogen) atoms. The Balaban J connectivity index is 1.80. The Morgan fingerprint density at radius 3 is 1.63 bits per heavy atom. The van der Waals surface area contributed by atoms with Gasteiger partial charge in [-0.2, -0.15) is 43.5 Å². The summed E-state index contributed by atoms with van der Waals surface area (Å²) in [6.45, 7) is -3.89. The number of halogens is 9. The SMILES string of the molecule is COCOC(COc1ccc([S+](c2ccccc2)c2ccc(OCCC(F)C(F)(F)S(=O)(=O)O)cc2)cc1)(C(F)(F)F)C(F)(F)F. The largest absolute Gasteiger partial charge is 0.493 e. The molecule has 0 fully saturated rings. The molecule has 0 bridgehead atoms. The second-order valence-corrected chi connectivity index (χ2v) is 12.9. The van der Waals surface area contributed by atoms with Gasteiger partial charge in [-0.25, -0.2) is 4.39 Å². The number of hydrogen-bond donors (Lipinski definition) is 1. The van der Waals surface area contributed by atoms with Crippen molar-refractivity contribution in [3.8, 4) is 11.5 Å². The third-order valence-corrected chi connectivity index (χ3v) is 9.40. The molecule has 0 aliphatic carbocycles. The lowest BCUT2D eigenvalue weighted by atomic mass is 10.0. The summed E-state index contributed by atoms with van der Waals surface area (Å²) in [6.07, 6.45) is -16.1. The molecule has 0 heterocycles. The smallest absolute Gasteiger partial charge is 0.430 e. The maximum Gasteiger partial charge on any atom is 0.430 e. The van der Waals surface area contributed by atoms with Crippen molar-refractivity contribution in [1.29, 1.82) is 0 Å². The van der Waals surface area contributed by atoms with Crippen LogP contribution in [0.1, 0.15) is 6.42 Å². The highest BCUT2D eigenvalue weighted by atomic mass is 32.2. The summed E-state index contributed by atoms with van der Waals surface area (Å²) in [5.74, 6) is -0.200. The van der Waals surface area contributed by atoms with Crippen molar-refractivity contribution in [2.45, 2.75) is 50.5 Å². The van der Waals surface area contributed by atoms with Crippen LogP contribution < -0.4 is 9.47 Å². The average molecular weight is 710 g/mol. The van der Waals surface area contributed by atoms with Crippen LogP contribution in [0, 0.1) is 0 Å². The van der Waals surface area contributed by atoms with Gasteiger partial charge in [-0.1, -0.05) is 18.2 Å². The van der Waals surface area contributed by atoms with Crippen LogP contribution in [-0.2, 0) is 30.5 Å². The van der Waals surface area contributed by atoms with E-state index in [2.05, 4.69) is 9.47 Å². The molecular formula is C28H26F9O7S2+. The highest BCUT2D eigenvalue weighted by Gasteiger charge is 2.73. The molecule has 0 aliphatic heterocycles. The number of alkyl halides is 9. The maximum absolute atomic E-state index is 13.7. The molecule has 7 nitrogen and oxygen atoms in total. The van der Waals surface area contributed by atoms with Gasteiger partial charge in [-0.15, -0.1) is 0 Å². The molecule has 3 aromatic carbocycles. The normalized spacial score (nSPS) is 14.5. The summed E-state index contributed by atoms with van der Waals surface area (Å²) in [6, 6.07) is 20.1. The summed E-state index contributed by atoms with van der Waals surface area (Å²) < 4.78 is 171. The highest BCUT2D eigenvalue weighted by molar-refractivity contribution is 7.97. The molecule has 0 saturated heterocycles. The first-order valence-corrected chi connectivity index (χ1v) is 15.5. The maximum atomic E-state index is 13.7. The fraction of sp³-hybridized carbons (Fsp3) is 0.357. The van der Waals surface area contributed by atoms with Gasteiger partial charge < -0.3 is 18.9 Å². The van der Waals surface area contributed by atoms with Crippen molar-refractivity contribution >= 4 is 21.0 Å². The van der Waals surface area contributed by atoms with E-state index >= 15 is 0 Å². The molecule has 254 valence electrons. The quantitative estimate of drug-likeness (QED) is 0.0771. The zero-order chi connectivity index (χ0) is 34.4. The van der Waals surface area contributed by atoms with E-state index in [1.54, 1.807) is 42.5 Å². The van der Waals surface area contributed by atoms with E-state index in [0.717, 1.165) is 12.0 Å². The molecule has 1 N–H and O–H groups in total. The van der Waals surface area contributed by atoms with Crippen LogP contribution in [0.4, 0.5) is 39.5 Å². The second-order valence-electron chi connectivity index (χ2n) is 9.37. The van der Waals surface area contributed by atoms with Gasteiger partial charge in [0.05, 0.1) is 17.5 Å². The van der Waals surface area contributed by atoms with Crippen LogP contribution in [0.25, 0.3) is 0 Å². The van der Waals surface area contributed by atoms with Gasteiger partial charge >= 0.3 is 27.7 Å². The van der Waals surface area contributed by atoms with E-state index < -0.39 is 76.8 Å². The van der Waals surface area contributed by atoms with Crippen LogP contribution in [-0.4, -0.2) is 69.5 Å². The monoisotopic (exact) mass is 709 g/mol. The molecule has 3 rings (SSSR count). The van der Waals surface area contributed by atoms with Gasteiger partial charge in [0.25, 0.3) is 5.60 Å². The van der Waals surface area contributed by atoms with Gasteiger partial charge in [0.15, 0.2) is 20.9 Å². The number of ether oxygens (including phenoxy) is 4. The van der Waals surface area contributed by atoms with E-state index in [-0.39, 0.29) is 11.5 Å². The Kier molecular flexibility index (Phi) is 11.9. The standard InChI is InChI=1S/C28H25F9O7S2/c1-41-18-44-25(27(32,33)34,28(35,36)37)17-43-20-9-13-23(14-10-20)45(21-5-3-2-4-6-21)22-11-7-19(8-12-22)42-16-15-24(29)26(30,31)46(38,39)40/h2-14,24H,15-18H2,1H3/p+1. The molecule has 2 unspecified atom stereocenters. The molecular weight excluding hydrogens is 683 g/mol. The molecule has 0 spiro atoms. The lowest BCUT2D eigenvalue weighted by Gasteiger charge is -2.36. The predicted octanol–water partition coefficient (Wildman–Crippen LogP) is 7.23. The number of benzene rings is 3. The van der Waals surface area contributed by atoms with E-state index in [4.69, 9.17) is 14.0 Å². The minimum atomic E-state index is -5.96. The summed E-state index contributed by atoms with van der Waals surface area (Å²) in [5, 5.41) is -5.01. The van der Waals surface area contributed by atoms with Crippen LogP contribution in [0.2, 0.25) is 0 Å². The second kappa shape index (κ2) is 14.7. The Morgan fingerprint density at radius 1 is 0.739 bits per heavy atom. The third-order valence-electron chi connectivity index (χ3n) is 6.23. The summed E-state index contributed by atoms with van der Waals surface area (Å²) >= 11 is 0. The van der Waals surface area contributed by atoms with Crippen molar-refractivity contribution < 1.29 is 71.4 Å². The number of hydrogen-bond acceptors (Lipinski definition) is 6. The highest BCUT2D eigenvalue weighted by Crippen LogP contribution is 2.46. The van der Waals surface area contributed by atoms with Crippen molar-refractivity contribution in [1.82, 2.24) is 0 Å². The first-order valence-electron chi connectivity index (χ1n) is 12.8. The van der Waals surface area contributed by atoms with Crippen molar-refractivity contribution in [2.75, 3.05) is 27.1 Å². The first-order chi connectivity index (χ1) is 21.3. The van der Waals surface area contributed by atoms with Crippen LogP contribution in [0.3, 0.4) is 0 Å². The Labute approximate surface area is 260 Å². The fourth-order valence-electron chi connectivity index (χ4n) is 3.79. The topological polar surface area (TPSA) is 91.3 Å². The summed E-state index contributed by atoms with van der Waals surface area (Å²) in [5.41, 5.74) is -4.66. The zero-order valence-corrected chi connectivity index (χ0v) is 25.2. The number of methoxy groups -OCH3 is 1. The fourth-order valence-corrected chi connectivity index (χ4v) is 6.30. The van der Waals surface area contributed by atoms with Gasteiger partial charge in [0.1, 0.15) is 24.9 Å². The Hall–Kier alpha value is -3.19. The summed E-state index contributed by atoms with van der Waals surface area (Å²) in [4.78, 5) is 1.99. The van der Waals surface area contributed by atoms with Crippen molar-refractivity contribution in [2.24, 2.45) is 0 Å². The first kappa shape index (κ1) is 37.3. The van der Waals surface area contributed by atoms with E-state index in [0.29, 0.717) is 9.79 Å². The number of rotatable bonds is 15. The average Bonchev–Trinajstić information content (AvgIpc) is 2.97. The summed E-state index contributed by atoms with van der Waals surface area (Å²) in [7, 11) is -5.99. The lowest BCUT2D eigenvalue weighted by Crippen LogP contribution is -2.62. The molecule has 0 aromatic heterocycles. The van der Waals surface area contributed by atoms with Gasteiger partial charge in [0.2, 0.25) is 0 Å². The minimum absolute atomic E-state index is 0.111. The van der Waals surface area contributed by atoms with Crippen LogP contribution >= 0.6 is 0 Å². The minimum Gasteiger partial charge on any atom is -0.493 e. The van der Waals surface area contributed by atoms with E-state index in [1.807, 2.05) is 0 Å². The molecule has 2 atom stereocenters. The van der Waals surface area contributed by atoms with E-state index in [1.165, 1.54) is 36.4 Å². The zero-order valence-electron chi connectivity index (χ0n) is 23.5.